The fraction of sp³-hybridized carbons (Fsp3) is 0.364. The van der Waals surface area contributed by atoms with Gasteiger partial charge in [0, 0.05) is 11.6 Å². The zero-order chi connectivity index (χ0) is 21.1. The van der Waals surface area contributed by atoms with E-state index in [2.05, 4.69) is 5.32 Å². The van der Waals surface area contributed by atoms with E-state index in [-0.39, 0.29) is 17.3 Å². The Hall–Kier alpha value is -2.67. The number of ketones is 1. The number of benzene rings is 2. The standard InChI is InChI=1S/C22H23F3N2O2/c1-13-3-5-17(12-20(13)25)26-22(29)14(2)27-9-7-15(8-10-27)21(28)18-11-16(23)4-6-19(18)24/h3-6,11-12,14-15H,7-10H2,1-2H3,(H,26,29). The lowest BCUT2D eigenvalue weighted by atomic mass is 9.88. The molecule has 29 heavy (non-hydrogen) atoms. The van der Waals surface area contributed by atoms with E-state index in [1.54, 1.807) is 26.0 Å². The molecule has 1 atom stereocenters. The molecule has 0 saturated carbocycles. The number of rotatable bonds is 5. The van der Waals surface area contributed by atoms with Crippen LogP contribution in [0.5, 0.6) is 0 Å². The molecule has 7 heteroatoms. The van der Waals surface area contributed by atoms with E-state index in [9.17, 15) is 22.8 Å². The van der Waals surface area contributed by atoms with Gasteiger partial charge in [0.25, 0.3) is 0 Å². The Morgan fingerprint density at radius 3 is 2.38 bits per heavy atom. The molecule has 0 aliphatic carbocycles. The molecule has 1 unspecified atom stereocenters. The average molecular weight is 404 g/mol. The second-order valence-electron chi connectivity index (χ2n) is 7.43. The Balaban J connectivity index is 1.58. The normalized spacial score (nSPS) is 16.4. The predicted molar refractivity (Wildman–Crippen MR) is 104 cm³/mol. The first-order chi connectivity index (χ1) is 13.8. The molecule has 2 aromatic rings. The maximum atomic E-state index is 13.9. The van der Waals surface area contributed by atoms with E-state index in [0.717, 1.165) is 18.2 Å². The van der Waals surface area contributed by atoms with Gasteiger partial charge in [-0.3, -0.25) is 14.5 Å². The summed E-state index contributed by atoms with van der Waals surface area (Å²) >= 11 is 0. The average Bonchev–Trinajstić information content (AvgIpc) is 2.71. The highest BCUT2D eigenvalue weighted by Crippen LogP contribution is 2.25. The summed E-state index contributed by atoms with van der Waals surface area (Å²) in [6.07, 6.45) is 0.900. The first kappa shape index (κ1) is 21.0. The first-order valence-electron chi connectivity index (χ1n) is 9.56. The van der Waals surface area contributed by atoms with Crippen molar-refractivity contribution in [2.75, 3.05) is 18.4 Å². The second-order valence-corrected chi connectivity index (χ2v) is 7.43. The molecule has 1 N–H and O–H groups in total. The monoisotopic (exact) mass is 404 g/mol. The molecule has 1 saturated heterocycles. The van der Waals surface area contributed by atoms with Crippen LogP contribution in [0.4, 0.5) is 18.9 Å². The van der Waals surface area contributed by atoms with Crippen LogP contribution in [0, 0.1) is 30.3 Å². The summed E-state index contributed by atoms with van der Waals surface area (Å²) in [7, 11) is 0. The molecule has 4 nitrogen and oxygen atoms in total. The van der Waals surface area contributed by atoms with Gasteiger partial charge in [-0.05, 0) is 75.7 Å². The molecule has 1 aliphatic heterocycles. The van der Waals surface area contributed by atoms with E-state index in [4.69, 9.17) is 0 Å². The van der Waals surface area contributed by atoms with E-state index in [0.29, 0.717) is 37.2 Å². The van der Waals surface area contributed by atoms with Crippen LogP contribution in [-0.4, -0.2) is 35.7 Å². The molecular formula is C22H23F3N2O2. The van der Waals surface area contributed by atoms with Crippen molar-refractivity contribution in [1.82, 2.24) is 4.90 Å². The van der Waals surface area contributed by atoms with Crippen molar-refractivity contribution in [3.63, 3.8) is 0 Å². The van der Waals surface area contributed by atoms with E-state index >= 15 is 0 Å². The topological polar surface area (TPSA) is 49.4 Å². The highest BCUT2D eigenvalue weighted by Gasteiger charge is 2.31. The third-order valence-electron chi connectivity index (χ3n) is 5.46. The van der Waals surface area contributed by atoms with Crippen molar-refractivity contribution in [3.8, 4) is 0 Å². The van der Waals surface area contributed by atoms with Gasteiger partial charge in [0.05, 0.1) is 11.6 Å². The van der Waals surface area contributed by atoms with Crippen LogP contribution in [0.1, 0.15) is 35.7 Å². The van der Waals surface area contributed by atoms with Crippen molar-refractivity contribution in [2.45, 2.75) is 32.7 Å². The number of carbonyl (C=O) groups is 2. The summed E-state index contributed by atoms with van der Waals surface area (Å²) in [6, 6.07) is 6.91. The van der Waals surface area contributed by atoms with Gasteiger partial charge < -0.3 is 5.32 Å². The Morgan fingerprint density at radius 1 is 1.03 bits per heavy atom. The molecule has 1 amide bonds. The molecule has 0 radical (unpaired) electrons. The molecule has 0 aromatic heterocycles. The number of nitrogens with one attached hydrogen (secondary N) is 1. The number of piperidine rings is 1. The fourth-order valence-electron chi connectivity index (χ4n) is 3.54. The van der Waals surface area contributed by atoms with Gasteiger partial charge in [-0.25, -0.2) is 13.2 Å². The number of anilines is 1. The number of nitrogens with zero attached hydrogens (tertiary/aromatic N) is 1. The molecular weight excluding hydrogens is 381 g/mol. The number of amides is 1. The number of carbonyl (C=O) groups excluding carboxylic acids is 2. The Kier molecular flexibility index (Phi) is 6.37. The maximum absolute atomic E-state index is 13.9. The summed E-state index contributed by atoms with van der Waals surface area (Å²) in [6.45, 7) is 4.34. The van der Waals surface area contributed by atoms with Crippen LogP contribution in [0.2, 0.25) is 0 Å². The summed E-state index contributed by atoms with van der Waals surface area (Å²) in [5.74, 6) is -2.85. The summed E-state index contributed by atoms with van der Waals surface area (Å²) < 4.78 is 40.9. The minimum atomic E-state index is -0.725. The Bertz CT molecular complexity index is 924. The number of hydrogen-bond donors (Lipinski definition) is 1. The van der Waals surface area contributed by atoms with Crippen molar-refractivity contribution in [2.24, 2.45) is 5.92 Å². The van der Waals surface area contributed by atoms with E-state index in [1.165, 1.54) is 6.07 Å². The van der Waals surface area contributed by atoms with Crippen LogP contribution >= 0.6 is 0 Å². The Labute approximate surface area is 167 Å². The van der Waals surface area contributed by atoms with Gasteiger partial charge in [0.15, 0.2) is 5.78 Å². The summed E-state index contributed by atoms with van der Waals surface area (Å²) in [5, 5.41) is 2.70. The van der Waals surface area contributed by atoms with Crippen LogP contribution in [0.25, 0.3) is 0 Å². The quantitative estimate of drug-likeness (QED) is 0.755. The zero-order valence-electron chi connectivity index (χ0n) is 16.3. The highest BCUT2D eigenvalue weighted by atomic mass is 19.1. The summed E-state index contributed by atoms with van der Waals surface area (Å²) in [5.41, 5.74) is 0.657. The largest absolute Gasteiger partial charge is 0.325 e. The molecule has 0 bridgehead atoms. The maximum Gasteiger partial charge on any atom is 0.241 e. The number of likely N-dealkylation sites (tertiary alicyclic amines) is 1. The lowest BCUT2D eigenvalue weighted by Gasteiger charge is -2.34. The molecule has 2 aromatic carbocycles. The molecule has 1 aliphatic rings. The molecule has 3 rings (SSSR count). The Morgan fingerprint density at radius 2 is 1.72 bits per heavy atom. The molecule has 154 valence electrons. The van der Waals surface area contributed by atoms with Gasteiger partial charge in [-0.2, -0.15) is 0 Å². The van der Waals surface area contributed by atoms with Gasteiger partial charge in [0.2, 0.25) is 5.91 Å². The van der Waals surface area contributed by atoms with Crippen LogP contribution < -0.4 is 5.32 Å². The smallest absolute Gasteiger partial charge is 0.241 e. The lowest BCUT2D eigenvalue weighted by Crippen LogP contribution is -2.47. The number of halogens is 3. The van der Waals surface area contributed by atoms with Crippen molar-refractivity contribution >= 4 is 17.4 Å². The van der Waals surface area contributed by atoms with Gasteiger partial charge in [-0.15, -0.1) is 0 Å². The van der Waals surface area contributed by atoms with Gasteiger partial charge in [-0.1, -0.05) is 6.07 Å². The van der Waals surface area contributed by atoms with Crippen LogP contribution in [-0.2, 0) is 4.79 Å². The van der Waals surface area contributed by atoms with Crippen molar-refractivity contribution in [3.05, 3.63) is 65.0 Å². The highest BCUT2D eigenvalue weighted by molar-refractivity contribution is 5.98. The molecule has 1 heterocycles. The lowest BCUT2D eigenvalue weighted by molar-refractivity contribution is -0.121. The molecule has 1 fully saturated rings. The van der Waals surface area contributed by atoms with Gasteiger partial charge in [0.1, 0.15) is 17.5 Å². The number of aryl methyl sites for hydroxylation is 1. The predicted octanol–water partition coefficient (Wildman–Crippen LogP) is 4.33. The van der Waals surface area contributed by atoms with E-state index in [1.807, 2.05) is 4.90 Å². The minimum absolute atomic E-state index is 0.226. The number of hydrogen-bond acceptors (Lipinski definition) is 3. The number of Topliss-reactive ketones (excluding diaryl/α,β-unsaturated/α-hetero) is 1. The fourth-order valence-corrected chi connectivity index (χ4v) is 3.54. The first-order valence-corrected chi connectivity index (χ1v) is 9.56. The van der Waals surface area contributed by atoms with Crippen LogP contribution in [0.3, 0.4) is 0 Å². The van der Waals surface area contributed by atoms with Crippen molar-refractivity contribution < 1.29 is 22.8 Å². The van der Waals surface area contributed by atoms with Crippen LogP contribution in [0.15, 0.2) is 36.4 Å². The third kappa shape index (κ3) is 4.85. The molecule has 0 spiro atoms. The minimum Gasteiger partial charge on any atom is -0.325 e. The van der Waals surface area contributed by atoms with Gasteiger partial charge >= 0.3 is 0 Å². The summed E-state index contributed by atoms with van der Waals surface area (Å²) in [4.78, 5) is 27.0. The van der Waals surface area contributed by atoms with E-state index < -0.39 is 29.4 Å². The SMILES string of the molecule is Cc1ccc(NC(=O)C(C)N2CCC(C(=O)c3cc(F)ccc3F)CC2)cc1F. The van der Waals surface area contributed by atoms with Crippen molar-refractivity contribution in [1.29, 1.82) is 0 Å². The third-order valence-corrected chi connectivity index (χ3v) is 5.46. The zero-order valence-corrected chi connectivity index (χ0v) is 16.3. The second kappa shape index (κ2) is 8.78.